The molecule has 6 nitrogen and oxygen atoms in total. The number of nitrogens with one attached hydrogen (secondary N) is 1. The van der Waals surface area contributed by atoms with E-state index in [1.165, 1.54) is 6.26 Å². The molecule has 2 fully saturated rings. The van der Waals surface area contributed by atoms with Gasteiger partial charge in [0.05, 0.1) is 10.9 Å². The first-order valence-corrected chi connectivity index (χ1v) is 8.45. The number of amides is 2. The van der Waals surface area contributed by atoms with Gasteiger partial charge >= 0.3 is 6.03 Å². The molecule has 1 N–H and O–H groups in total. The van der Waals surface area contributed by atoms with Gasteiger partial charge in [-0.1, -0.05) is 6.07 Å². The van der Waals surface area contributed by atoms with Gasteiger partial charge < -0.3 is 10.2 Å². The molecule has 108 valence electrons. The van der Waals surface area contributed by atoms with Crippen molar-refractivity contribution in [2.24, 2.45) is 0 Å². The predicted molar refractivity (Wildman–Crippen MR) is 75.7 cm³/mol. The number of urea groups is 1. The van der Waals surface area contributed by atoms with Gasteiger partial charge in [0.15, 0.2) is 9.84 Å². The van der Waals surface area contributed by atoms with Gasteiger partial charge in [0.25, 0.3) is 0 Å². The molecular weight excluding hydrogens is 278 g/mol. The average molecular weight is 295 g/mol. The molecule has 1 unspecified atom stereocenters. The monoisotopic (exact) mass is 295 g/mol. The summed E-state index contributed by atoms with van der Waals surface area (Å²) >= 11 is 0. The van der Waals surface area contributed by atoms with Gasteiger partial charge in [-0.15, -0.1) is 0 Å². The highest BCUT2D eigenvalue weighted by molar-refractivity contribution is 7.90. The summed E-state index contributed by atoms with van der Waals surface area (Å²) in [4.78, 5) is 16.1. The number of hydrogen-bond acceptors (Lipinski definition) is 4. The largest absolute Gasteiger partial charge is 0.324 e. The van der Waals surface area contributed by atoms with Crippen LogP contribution in [0.15, 0.2) is 29.2 Å². The fourth-order valence-electron chi connectivity index (χ4n) is 2.72. The second kappa shape index (κ2) is 4.75. The highest BCUT2D eigenvalue weighted by atomic mass is 32.2. The maximum Gasteiger partial charge on any atom is 0.324 e. The number of rotatable bonds is 2. The molecular formula is C13H17N3O3S. The van der Waals surface area contributed by atoms with Gasteiger partial charge in [0.1, 0.15) is 0 Å². The van der Waals surface area contributed by atoms with Crippen LogP contribution >= 0.6 is 0 Å². The minimum absolute atomic E-state index is 0.0397. The molecule has 1 aromatic carbocycles. The number of hydrogen-bond donors (Lipinski definition) is 1. The minimum atomic E-state index is -3.26. The molecule has 0 aromatic heterocycles. The Hall–Kier alpha value is -1.60. The van der Waals surface area contributed by atoms with Gasteiger partial charge in [-0.2, -0.15) is 0 Å². The minimum Gasteiger partial charge on any atom is -0.317 e. The lowest BCUT2D eigenvalue weighted by atomic mass is 10.2. The number of fused-ring (bicyclic) bond motifs is 1. The van der Waals surface area contributed by atoms with E-state index in [0.717, 1.165) is 13.1 Å². The van der Waals surface area contributed by atoms with E-state index in [0.29, 0.717) is 18.8 Å². The number of carbonyl (C=O) groups is 1. The van der Waals surface area contributed by atoms with Crippen LogP contribution in [0.25, 0.3) is 0 Å². The molecule has 2 heterocycles. The normalized spacial score (nSPS) is 23.1. The number of benzene rings is 1. The molecule has 0 radical (unpaired) electrons. The Kier molecular flexibility index (Phi) is 3.18. The Balaban J connectivity index is 1.92. The van der Waals surface area contributed by atoms with E-state index >= 15 is 0 Å². The third kappa shape index (κ3) is 2.27. The summed E-state index contributed by atoms with van der Waals surface area (Å²) in [7, 11) is -3.26. The molecule has 0 spiro atoms. The summed E-state index contributed by atoms with van der Waals surface area (Å²) < 4.78 is 23.2. The molecule has 3 rings (SSSR count). The van der Waals surface area contributed by atoms with Gasteiger partial charge in [-0.3, -0.25) is 4.90 Å². The van der Waals surface area contributed by atoms with Crippen molar-refractivity contribution in [3.63, 3.8) is 0 Å². The Labute approximate surface area is 118 Å². The summed E-state index contributed by atoms with van der Waals surface area (Å²) in [5.41, 5.74) is 0.646. The molecule has 0 bridgehead atoms. The van der Waals surface area contributed by atoms with Crippen LogP contribution < -0.4 is 10.2 Å². The Morgan fingerprint density at radius 2 is 2.15 bits per heavy atom. The van der Waals surface area contributed by atoms with Crippen molar-refractivity contribution in [1.82, 2.24) is 10.2 Å². The quantitative estimate of drug-likeness (QED) is 0.852. The zero-order chi connectivity index (χ0) is 14.3. The van der Waals surface area contributed by atoms with Crippen LogP contribution in [0.2, 0.25) is 0 Å². The molecule has 1 atom stereocenters. The summed E-state index contributed by atoms with van der Waals surface area (Å²) in [5, 5.41) is 3.27. The van der Waals surface area contributed by atoms with Crippen molar-refractivity contribution < 1.29 is 13.2 Å². The van der Waals surface area contributed by atoms with E-state index in [1.807, 2.05) is 4.90 Å². The second-order valence-corrected chi connectivity index (χ2v) is 7.23. The van der Waals surface area contributed by atoms with Crippen LogP contribution in [-0.2, 0) is 9.84 Å². The number of anilines is 1. The number of carbonyl (C=O) groups excluding carboxylic acids is 1. The first kappa shape index (κ1) is 13.4. The highest BCUT2D eigenvalue weighted by Crippen LogP contribution is 2.26. The molecule has 1 aromatic rings. The predicted octanol–water partition coefficient (Wildman–Crippen LogP) is 0.304. The Morgan fingerprint density at radius 1 is 1.35 bits per heavy atom. The van der Waals surface area contributed by atoms with Gasteiger partial charge in [0, 0.05) is 38.1 Å². The van der Waals surface area contributed by atoms with Gasteiger partial charge in [-0.05, 0) is 18.2 Å². The van der Waals surface area contributed by atoms with Crippen molar-refractivity contribution in [2.75, 3.05) is 37.3 Å². The number of sulfone groups is 1. The third-order valence-electron chi connectivity index (χ3n) is 3.78. The average Bonchev–Trinajstić information content (AvgIpc) is 2.76. The van der Waals surface area contributed by atoms with Crippen molar-refractivity contribution >= 4 is 21.6 Å². The lowest BCUT2D eigenvalue weighted by Crippen LogP contribution is -2.49. The molecule has 20 heavy (non-hydrogen) atoms. The van der Waals surface area contributed by atoms with E-state index in [-0.39, 0.29) is 17.0 Å². The van der Waals surface area contributed by atoms with E-state index in [4.69, 9.17) is 0 Å². The Morgan fingerprint density at radius 3 is 2.85 bits per heavy atom. The van der Waals surface area contributed by atoms with Gasteiger partial charge in [-0.25, -0.2) is 13.2 Å². The molecule has 7 heteroatoms. The lowest BCUT2D eigenvalue weighted by molar-refractivity contribution is 0.193. The number of piperazine rings is 1. The van der Waals surface area contributed by atoms with E-state index in [1.54, 1.807) is 29.2 Å². The highest BCUT2D eigenvalue weighted by Gasteiger charge is 2.39. The summed E-state index contributed by atoms with van der Waals surface area (Å²) in [5.74, 6) is 0. The van der Waals surface area contributed by atoms with Crippen LogP contribution in [0.5, 0.6) is 0 Å². The first-order chi connectivity index (χ1) is 9.47. The fraction of sp³-hybridized carbons (Fsp3) is 0.462. The summed E-state index contributed by atoms with van der Waals surface area (Å²) in [6.45, 7) is 2.89. The maximum absolute atomic E-state index is 12.4. The van der Waals surface area contributed by atoms with Crippen LogP contribution in [0, 0.1) is 0 Å². The zero-order valence-electron chi connectivity index (χ0n) is 11.2. The molecule has 2 saturated heterocycles. The number of nitrogens with zero attached hydrogens (tertiary/aromatic N) is 2. The standard InChI is InChI=1S/C13H17N3O3S/c1-20(18,19)12-4-2-3-10(7-12)16-9-11-8-14-5-6-15(11)13(16)17/h2-4,7,11,14H,5-6,8-9H2,1H3. The molecule has 0 aliphatic carbocycles. The van der Waals surface area contributed by atoms with Crippen LogP contribution in [-0.4, -0.2) is 57.8 Å². The summed E-state index contributed by atoms with van der Waals surface area (Å²) in [6.07, 6.45) is 1.17. The van der Waals surface area contributed by atoms with Crippen LogP contribution in [0.1, 0.15) is 0 Å². The van der Waals surface area contributed by atoms with E-state index in [2.05, 4.69) is 5.32 Å². The maximum atomic E-state index is 12.4. The molecule has 2 amide bonds. The molecule has 0 saturated carbocycles. The smallest absolute Gasteiger partial charge is 0.317 e. The van der Waals surface area contributed by atoms with Crippen molar-refractivity contribution in [1.29, 1.82) is 0 Å². The first-order valence-electron chi connectivity index (χ1n) is 6.56. The topological polar surface area (TPSA) is 69.7 Å². The van der Waals surface area contributed by atoms with E-state index < -0.39 is 9.84 Å². The van der Waals surface area contributed by atoms with Crippen molar-refractivity contribution in [3.8, 4) is 0 Å². The van der Waals surface area contributed by atoms with Gasteiger partial charge in [0.2, 0.25) is 0 Å². The SMILES string of the molecule is CS(=O)(=O)c1cccc(N2CC3CNCCN3C2=O)c1. The Bertz CT molecular complexity index is 644. The lowest BCUT2D eigenvalue weighted by Gasteiger charge is -2.28. The third-order valence-corrected chi connectivity index (χ3v) is 4.89. The van der Waals surface area contributed by atoms with Crippen molar-refractivity contribution in [3.05, 3.63) is 24.3 Å². The van der Waals surface area contributed by atoms with Crippen molar-refractivity contribution in [2.45, 2.75) is 10.9 Å². The second-order valence-electron chi connectivity index (χ2n) is 5.21. The zero-order valence-corrected chi connectivity index (χ0v) is 12.1. The van der Waals surface area contributed by atoms with Crippen LogP contribution in [0.4, 0.5) is 10.5 Å². The fourth-order valence-corrected chi connectivity index (χ4v) is 3.38. The van der Waals surface area contributed by atoms with Crippen LogP contribution in [0.3, 0.4) is 0 Å². The van der Waals surface area contributed by atoms with E-state index in [9.17, 15) is 13.2 Å². The molecule has 2 aliphatic heterocycles. The molecule has 2 aliphatic rings. The summed E-state index contributed by atoms with van der Waals surface area (Å²) in [6, 6.07) is 6.70.